The van der Waals surface area contributed by atoms with Crippen molar-refractivity contribution in [3.8, 4) is 0 Å². The number of halogens is 1. The molecule has 3 heteroatoms. The molecule has 0 saturated heterocycles. The summed E-state index contributed by atoms with van der Waals surface area (Å²) in [5.41, 5.74) is 8.69. The summed E-state index contributed by atoms with van der Waals surface area (Å²) in [6, 6.07) is 7.77. The number of aryl methyl sites for hydroxylation is 1. The Labute approximate surface area is 119 Å². The van der Waals surface area contributed by atoms with E-state index in [-0.39, 0.29) is 0 Å². The molecular formula is C15H23BrN2. The molecule has 1 aromatic rings. The molecule has 2 nitrogen and oxygen atoms in total. The van der Waals surface area contributed by atoms with Gasteiger partial charge in [0.15, 0.2) is 0 Å². The Morgan fingerprint density at radius 2 is 2.17 bits per heavy atom. The van der Waals surface area contributed by atoms with Crippen LogP contribution in [0.1, 0.15) is 43.4 Å². The first kappa shape index (κ1) is 14.0. The van der Waals surface area contributed by atoms with Crippen LogP contribution in [0.5, 0.6) is 0 Å². The summed E-state index contributed by atoms with van der Waals surface area (Å²) in [6.07, 6.45) is 3.88. The molecular weight excluding hydrogens is 288 g/mol. The van der Waals surface area contributed by atoms with Gasteiger partial charge in [-0.1, -0.05) is 35.0 Å². The zero-order valence-corrected chi connectivity index (χ0v) is 12.9. The lowest BCUT2D eigenvalue weighted by molar-refractivity contribution is 0.191. The molecule has 100 valence electrons. The van der Waals surface area contributed by atoms with Crippen LogP contribution in [0, 0.1) is 6.92 Å². The minimum atomic E-state index is 0.379. The number of nitrogens with two attached hydrogens (primary N) is 1. The topological polar surface area (TPSA) is 29.3 Å². The van der Waals surface area contributed by atoms with Crippen LogP contribution in [0.3, 0.4) is 0 Å². The number of benzene rings is 1. The molecule has 0 heterocycles. The van der Waals surface area contributed by atoms with Gasteiger partial charge in [0.25, 0.3) is 0 Å². The molecule has 1 atom stereocenters. The van der Waals surface area contributed by atoms with Gasteiger partial charge in [-0.05, 0) is 49.9 Å². The highest BCUT2D eigenvalue weighted by molar-refractivity contribution is 9.10. The van der Waals surface area contributed by atoms with Gasteiger partial charge in [0, 0.05) is 23.1 Å². The van der Waals surface area contributed by atoms with E-state index in [4.69, 9.17) is 5.73 Å². The maximum absolute atomic E-state index is 6.04. The van der Waals surface area contributed by atoms with Crippen molar-refractivity contribution < 1.29 is 0 Å². The second-order valence-electron chi connectivity index (χ2n) is 5.23. The first-order valence-corrected chi connectivity index (χ1v) is 7.68. The van der Waals surface area contributed by atoms with Crippen molar-refractivity contribution in [2.24, 2.45) is 5.73 Å². The van der Waals surface area contributed by atoms with E-state index in [1.54, 1.807) is 0 Å². The molecule has 0 amide bonds. The van der Waals surface area contributed by atoms with E-state index < -0.39 is 0 Å². The smallest absolute Gasteiger partial charge is 0.0473 e. The van der Waals surface area contributed by atoms with Crippen LogP contribution in [-0.4, -0.2) is 24.0 Å². The van der Waals surface area contributed by atoms with Gasteiger partial charge in [0.1, 0.15) is 0 Å². The highest BCUT2D eigenvalue weighted by Crippen LogP contribution is 2.34. The lowest BCUT2D eigenvalue weighted by Gasteiger charge is -2.31. The second kappa shape index (κ2) is 6.18. The van der Waals surface area contributed by atoms with Crippen LogP contribution < -0.4 is 5.73 Å². The standard InChI is InChI=1S/C15H23BrN2/c1-3-8-18(13-5-6-13)15(10-17)12-4-7-14(16)11(2)9-12/h4,7,9,13,15H,3,5-6,8,10,17H2,1-2H3. The third kappa shape index (κ3) is 3.14. The Kier molecular flexibility index (Phi) is 4.82. The molecule has 1 fully saturated rings. The average Bonchev–Trinajstić information content (AvgIpc) is 3.17. The maximum atomic E-state index is 6.04. The molecule has 18 heavy (non-hydrogen) atoms. The van der Waals surface area contributed by atoms with Crippen molar-refractivity contribution in [3.05, 3.63) is 33.8 Å². The predicted octanol–water partition coefficient (Wildman–Crippen LogP) is 3.63. The van der Waals surface area contributed by atoms with Gasteiger partial charge in [-0.25, -0.2) is 0 Å². The summed E-state index contributed by atoms with van der Waals surface area (Å²) in [5.74, 6) is 0. The molecule has 0 aromatic heterocycles. The SMILES string of the molecule is CCCN(C1CC1)C(CN)c1ccc(Br)c(C)c1. The molecule has 0 spiro atoms. The fraction of sp³-hybridized carbons (Fsp3) is 0.600. The zero-order chi connectivity index (χ0) is 13.1. The summed E-state index contributed by atoms with van der Waals surface area (Å²) >= 11 is 3.56. The van der Waals surface area contributed by atoms with E-state index in [1.165, 1.54) is 34.9 Å². The fourth-order valence-corrected chi connectivity index (χ4v) is 2.84. The second-order valence-corrected chi connectivity index (χ2v) is 6.08. The average molecular weight is 311 g/mol. The normalized spacial score (nSPS) is 17.2. The van der Waals surface area contributed by atoms with Gasteiger partial charge >= 0.3 is 0 Å². The number of hydrogen-bond donors (Lipinski definition) is 1. The molecule has 1 aromatic carbocycles. The minimum Gasteiger partial charge on any atom is -0.329 e. The Balaban J connectivity index is 2.22. The summed E-state index contributed by atoms with van der Waals surface area (Å²) in [6.45, 7) is 6.25. The predicted molar refractivity (Wildman–Crippen MR) is 80.7 cm³/mol. The third-order valence-electron chi connectivity index (χ3n) is 3.69. The van der Waals surface area contributed by atoms with Crippen molar-refractivity contribution in [1.82, 2.24) is 4.90 Å². The monoisotopic (exact) mass is 310 g/mol. The summed E-state index contributed by atoms with van der Waals surface area (Å²) in [7, 11) is 0. The van der Waals surface area contributed by atoms with Gasteiger partial charge < -0.3 is 5.73 Å². The van der Waals surface area contributed by atoms with Crippen LogP contribution >= 0.6 is 15.9 Å². The molecule has 1 saturated carbocycles. The van der Waals surface area contributed by atoms with Crippen LogP contribution in [0.2, 0.25) is 0 Å². The van der Waals surface area contributed by atoms with E-state index in [0.29, 0.717) is 12.6 Å². The molecule has 0 aliphatic heterocycles. The Bertz CT molecular complexity index is 401. The van der Waals surface area contributed by atoms with E-state index in [1.807, 2.05) is 0 Å². The van der Waals surface area contributed by atoms with Crippen LogP contribution in [0.25, 0.3) is 0 Å². The maximum Gasteiger partial charge on any atom is 0.0473 e. The third-order valence-corrected chi connectivity index (χ3v) is 4.58. The highest BCUT2D eigenvalue weighted by atomic mass is 79.9. The lowest BCUT2D eigenvalue weighted by Crippen LogP contribution is -2.36. The molecule has 2 N–H and O–H groups in total. The first-order chi connectivity index (χ1) is 8.67. The number of hydrogen-bond acceptors (Lipinski definition) is 2. The lowest BCUT2D eigenvalue weighted by atomic mass is 10.0. The molecule has 1 unspecified atom stereocenters. The summed E-state index contributed by atoms with van der Waals surface area (Å²) in [5, 5.41) is 0. The zero-order valence-electron chi connectivity index (χ0n) is 11.3. The van der Waals surface area contributed by atoms with E-state index in [0.717, 1.165) is 12.6 Å². The van der Waals surface area contributed by atoms with E-state index >= 15 is 0 Å². The Morgan fingerprint density at radius 3 is 2.67 bits per heavy atom. The van der Waals surface area contributed by atoms with Gasteiger partial charge in [-0.2, -0.15) is 0 Å². The molecule has 1 aliphatic rings. The van der Waals surface area contributed by atoms with Crippen LogP contribution in [0.15, 0.2) is 22.7 Å². The number of nitrogens with zero attached hydrogens (tertiary/aromatic N) is 1. The van der Waals surface area contributed by atoms with Crippen molar-refractivity contribution in [1.29, 1.82) is 0 Å². The van der Waals surface area contributed by atoms with Gasteiger partial charge in [-0.15, -0.1) is 0 Å². The van der Waals surface area contributed by atoms with E-state index in [9.17, 15) is 0 Å². The quantitative estimate of drug-likeness (QED) is 0.869. The van der Waals surface area contributed by atoms with Crippen molar-refractivity contribution in [2.45, 2.75) is 45.2 Å². The van der Waals surface area contributed by atoms with Gasteiger partial charge in [-0.3, -0.25) is 4.90 Å². The summed E-state index contributed by atoms with van der Waals surface area (Å²) in [4.78, 5) is 2.60. The molecule has 1 aliphatic carbocycles. The Morgan fingerprint density at radius 1 is 1.44 bits per heavy atom. The summed E-state index contributed by atoms with van der Waals surface area (Å²) < 4.78 is 1.18. The van der Waals surface area contributed by atoms with E-state index in [2.05, 4.69) is 52.9 Å². The molecule has 0 radical (unpaired) electrons. The van der Waals surface area contributed by atoms with Gasteiger partial charge in [0.05, 0.1) is 0 Å². The molecule has 0 bridgehead atoms. The first-order valence-electron chi connectivity index (χ1n) is 6.89. The van der Waals surface area contributed by atoms with Crippen molar-refractivity contribution in [2.75, 3.05) is 13.1 Å². The van der Waals surface area contributed by atoms with Crippen molar-refractivity contribution >= 4 is 15.9 Å². The van der Waals surface area contributed by atoms with Gasteiger partial charge in [0.2, 0.25) is 0 Å². The molecule has 2 rings (SSSR count). The highest BCUT2D eigenvalue weighted by Gasteiger charge is 2.33. The van der Waals surface area contributed by atoms with Crippen LogP contribution in [0.4, 0.5) is 0 Å². The van der Waals surface area contributed by atoms with Crippen molar-refractivity contribution in [3.63, 3.8) is 0 Å². The largest absolute Gasteiger partial charge is 0.329 e. The fourth-order valence-electron chi connectivity index (χ4n) is 2.60. The Hall–Kier alpha value is -0.380. The van der Waals surface area contributed by atoms with Crippen LogP contribution in [-0.2, 0) is 0 Å². The number of rotatable bonds is 6. The minimum absolute atomic E-state index is 0.379.